The molecule has 2 aliphatic rings. The molecule has 5 unspecified atom stereocenters. The molecule has 2 rings (SSSR count). The summed E-state index contributed by atoms with van der Waals surface area (Å²) in [5.41, 5.74) is -4.13. The third-order valence-corrected chi connectivity index (χ3v) is 6.52. The molecular formula is C20H35NO12. The second-order valence-corrected chi connectivity index (χ2v) is 8.83. The summed E-state index contributed by atoms with van der Waals surface area (Å²) in [7, 11) is 1.25. The molecule has 0 aliphatic carbocycles. The second kappa shape index (κ2) is 10.9. The number of ether oxygens (including phenoxy) is 3. The zero-order valence-electron chi connectivity index (χ0n) is 18.8. The predicted molar refractivity (Wildman–Crippen MR) is 109 cm³/mol. The summed E-state index contributed by atoms with van der Waals surface area (Å²) in [6, 6.07) is -1.05. The van der Waals surface area contributed by atoms with Crippen LogP contribution in [0, 0.1) is 0 Å². The van der Waals surface area contributed by atoms with Crippen LogP contribution in [0.3, 0.4) is 0 Å². The average molecular weight is 481 g/mol. The lowest BCUT2D eigenvalue weighted by atomic mass is 9.75. The van der Waals surface area contributed by atoms with Crippen molar-refractivity contribution in [1.82, 2.24) is 5.32 Å². The number of rotatable bonds is 9. The van der Waals surface area contributed by atoms with E-state index in [0.717, 1.165) is 0 Å². The van der Waals surface area contributed by atoms with Crippen molar-refractivity contribution in [3.63, 3.8) is 0 Å². The molecular weight excluding hydrogens is 446 g/mol. The van der Waals surface area contributed by atoms with Crippen LogP contribution in [0.1, 0.15) is 39.5 Å². The minimum absolute atomic E-state index is 0.284. The Morgan fingerprint density at radius 2 is 1.88 bits per heavy atom. The van der Waals surface area contributed by atoms with Crippen LogP contribution >= 0.6 is 0 Å². The van der Waals surface area contributed by atoms with Crippen molar-refractivity contribution in [2.75, 3.05) is 13.7 Å². The van der Waals surface area contributed by atoms with E-state index in [0.29, 0.717) is 0 Å². The van der Waals surface area contributed by atoms with Gasteiger partial charge < -0.3 is 55.3 Å². The van der Waals surface area contributed by atoms with E-state index in [2.05, 4.69) is 5.32 Å². The molecule has 10 atom stereocenters. The van der Waals surface area contributed by atoms with Gasteiger partial charge in [0.05, 0.1) is 37.1 Å². The van der Waals surface area contributed by atoms with Gasteiger partial charge in [0.25, 0.3) is 0 Å². The Morgan fingerprint density at radius 1 is 1.24 bits per heavy atom. The van der Waals surface area contributed by atoms with E-state index in [1.807, 2.05) is 0 Å². The van der Waals surface area contributed by atoms with Crippen molar-refractivity contribution in [3.05, 3.63) is 0 Å². The standard InChI is InChI=1S/C20H35NO12/c1-9-20(30,16(27)15(26)17(31-3)32-9)5-4-19(18(28)29)7-12(25)14(21-10(2)23)13(33-19)6-11(24)8-22/h9,11-17,22,24-27,30H,4-8H2,1-3H3,(H,21,23)(H,28,29)/t9?,11-,12?,13?,14+,15?,16?,17+,19+,20+/m0/s1. The van der Waals surface area contributed by atoms with Gasteiger partial charge in [0.15, 0.2) is 11.9 Å². The molecule has 192 valence electrons. The summed E-state index contributed by atoms with van der Waals surface area (Å²) in [5, 5.41) is 74.0. The lowest BCUT2D eigenvalue weighted by molar-refractivity contribution is -0.321. The molecule has 2 aliphatic heterocycles. The molecule has 2 heterocycles. The second-order valence-electron chi connectivity index (χ2n) is 8.83. The molecule has 2 fully saturated rings. The Hall–Kier alpha value is -1.42. The first-order valence-electron chi connectivity index (χ1n) is 10.7. The van der Waals surface area contributed by atoms with Crippen LogP contribution in [0.2, 0.25) is 0 Å². The SMILES string of the molecule is CO[C@@H]1OC(C)[C@](O)(CC[C@]2(C(=O)O)CC(O)[C@@H](NC(C)=O)C(C[C@H](O)CO)O2)C(O)C1O. The molecule has 8 N–H and O–H groups in total. The summed E-state index contributed by atoms with van der Waals surface area (Å²) in [6.07, 6.45) is -11.0. The van der Waals surface area contributed by atoms with Gasteiger partial charge in [-0.15, -0.1) is 0 Å². The molecule has 13 heteroatoms. The first-order chi connectivity index (χ1) is 15.3. The van der Waals surface area contributed by atoms with Crippen LogP contribution in [-0.2, 0) is 23.8 Å². The number of hydrogen-bond donors (Lipinski definition) is 8. The van der Waals surface area contributed by atoms with Crippen LogP contribution in [0.5, 0.6) is 0 Å². The van der Waals surface area contributed by atoms with E-state index in [4.69, 9.17) is 14.2 Å². The van der Waals surface area contributed by atoms with E-state index in [1.165, 1.54) is 21.0 Å². The molecule has 1 amide bonds. The molecule has 0 aromatic heterocycles. The van der Waals surface area contributed by atoms with Gasteiger partial charge in [-0.25, -0.2) is 4.79 Å². The molecule has 0 aromatic rings. The highest BCUT2D eigenvalue weighted by molar-refractivity contribution is 5.78. The Morgan fingerprint density at radius 3 is 2.39 bits per heavy atom. The predicted octanol–water partition coefficient (Wildman–Crippen LogP) is -3.17. The number of carbonyl (C=O) groups is 2. The highest BCUT2D eigenvalue weighted by Gasteiger charge is 2.57. The van der Waals surface area contributed by atoms with Gasteiger partial charge in [-0.05, 0) is 19.8 Å². The van der Waals surface area contributed by atoms with Crippen molar-refractivity contribution < 1.29 is 59.5 Å². The Labute approximate surface area is 190 Å². The van der Waals surface area contributed by atoms with E-state index in [9.17, 15) is 45.3 Å². The Bertz CT molecular complexity index is 694. The lowest BCUT2D eigenvalue weighted by Crippen LogP contribution is -2.67. The molecule has 33 heavy (non-hydrogen) atoms. The van der Waals surface area contributed by atoms with Gasteiger partial charge in [0, 0.05) is 26.9 Å². The van der Waals surface area contributed by atoms with Gasteiger partial charge >= 0.3 is 5.97 Å². The number of methoxy groups -OCH3 is 1. The van der Waals surface area contributed by atoms with Crippen LogP contribution in [0.25, 0.3) is 0 Å². The number of amides is 1. The van der Waals surface area contributed by atoms with Gasteiger partial charge in [0.2, 0.25) is 5.91 Å². The number of carbonyl (C=O) groups excluding carboxylic acids is 1. The monoisotopic (exact) mass is 481 g/mol. The zero-order valence-corrected chi connectivity index (χ0v) is 18.8. The maximum atomic E-state index is 12.3. The van der Waals surface area contributed by atoms with Crippen molar-refractivity contribution in [1.29, 1.82) is 0 Å². The minimum Gasteiger partial charge on any atom is -0.479 e. The quantitative estimate of drug-likeness (QED) is 0.164. The fourth-order valence-corrected chi connectivity index (χ4v) is 4.52. The first-order valence-corrected chi connectivity index (χ1v) is 10.7. The van der Waals surface area contributed by atoms with Gasteiger partial charge in [0.1, 0.15) is 17.8 Å². The van der Waals surface area contributed by atoms with Gasteiger partial charge in [-0.1, -0.05) is 0 Å². The summed E-state index contributed by atoms with van der Waals surface area (Å²) in [6.45, 7) is 1.98. The largest absolute Gasteiger partial charge is 0.479 e. The van der Waals surface area contributed by atoms with E-state index in [1.54, 1.807) is 0 Å². The number of aliphatic hydroxyl groups excluding tert-OH is 5. The number of hydrogen-bond acceptors (Lipinski definition) is 11. The number of nitrogens with one attached hydrogen (secondary N) is 1. The minimum atomic E-state index is -2.07. The van der Waals surface area contributed by atoms with E-state index in [-0.39, 0.29) is 6.42 Å². The molecule has 0 radical (unpaired) electrons. The lowest BCUT2D eigenvalue weighted by Gasteiger charge is -2.49. The van der Waals surface area contributed by atoms with Crippen LogP contribution in [-0.4, -0.2) is 121 Å². The Balaban J connectivity index is 2.29. The topological polar surface area (TPSA) is 215 Å². The molecule has 0 saturated carbocycles. The van der Waals surface area contributed by atoms with Gasteiger partial charge in [-0.2, -0.15) is 0 Å². The Kier molecular flexibility index (Phi) is 9.18. The number of aliphatic carboxylic acids is 1. The summed E-state index contributed by atoms with van der Waals surface area (Å²) >= 11 is 0. The van der Waals surface area contributed by atoms with Gasteiger partial charge in [-0.3, -0.25) is 4.79 Å². The molecule has 2 saturated heterocycles. The summed E-state index contributed by atoms with van der Waals surface area (Å²) in [5.74, 6) is -1.98. The third kappa shape index (κ3) is 5.81. The van der Waals surface area contributed by atoms with Crippen molar-refractivity contribution in [2.24, 2.45) is 0 Å². The fourth-order valence-electron chi connectivity index (χ4n) is 4.52. The molecule has 0 bridgehead atoms. The maximum Gasteiger partial charge on any atom is 0.336 e. The number of aliphatic hydroxyl groups is 6. The zero-order chi connectivity index (χ0) is 25.1. The molecule has 13 nitrogen and oxygen atoms in total. The number of carboxylic acid groups (broad SMARTS) is 1. The van der Waals surface area contributed by atoms with E-state index < -0.39 is 97.9 Å². The molecule has 0 spiro atoms. The van der Waals surface area contributed by atoms with Crippen molar-refractivity contribution >= 4 is 11.9 Å². The number of carboxylic acids is 1. The third-order valence-electron chi connectivity index (χ3n) is 6.52. The van der Waals surface area contributed by atoms with Crippen molar-refractivity contribution in [2.45, 2.75) is 99.7 Å². The van der Waals surface area contributed by atoms with Crippen LogP contribution in [0.4, 0.5) is 0 Å². The maximum absolute atomic E-state index is 12.3. The average Bonchev–Trinajstić information content (AvgIpc) is 2.75. The first kappa shape index (κ1) is 27.8. The highest BCUT2D eigenvalue weighted by Crippen LogP contribution is 2.40. The molecule has 0 aromatic carbocycles. The normalized spacial score (nSPS) is 42.5. The van der Waals surface area contributed by atoms with Crippen LogP contribution < -0.4 is 5.32 Å². The van der Waals surface area contributed by atoms with Crippen LogP contribution in [0.15, 0.2) is 0 Å². The summed E-state index contributed by atoms with van der Waals surface area (Å²) in [4.78, 5) is 23.8. The highest BCUT2D eigenvalue weighted by atomic mass is 16.7. The van der Waals surface area contributed by atoms with E-state index >= 15 is 0 Å². The summed E-state index contributed by atoms with van der Waals surface area (Å²) < 4.78 is 16.1. The fraction of sp³-hybridized carbons (Fsp3) is 0.900. The van der Waals surface area contributed by atoms with Crippen molar-refractivity contribution in [3.8, 4) is 0 Å². The smallest absolute Gasteiger partial charge is 0.336 e.